The van der Waals surface area contributed by atoms with Gasteiger partial charge in [-0.2, -0.15) is 0 Å². The molecule has 2 heterocycles. The number of anilines is 1. The lowest BCUT2D eigenvalue weighted by Crippen LogP contribution is -2.16. The number of rotatable bonds is 2. The second kappa shape index (κ2) is 5.68. The fraction of sp³-hybridized carbons (Fsp3) is 0.267. The van der Waals surface area contributed by atoms with Crippen molar-refractivity contribution in [1.29, 1.82) is 0 Å². The first kappa shape index (κ1) is 14.2. The van der Waals surface area contributed by atoms with E-state index in [0.29, 0.717) is 6.04 Å². The minimum Gasteiger partial charge on any atom is -0.375 e. The van der Waals surface area contributed by atoms with Crippen molar-refractivity contribution < 1.29 is 0 Å². The first-order chi connectivity index (χ1) is 10.2. The van der Waals surface area contributed by atoms with Gasteiger partial charge in [0.1, 0.15) is 5.52 Å². The number of fused-ring (bicyclic) bond motifs is 2. The minimum absolute atomic E-state index is 0.346. The van der Waals surface area contributed by atoms with Gasteiger partial charge in [0.05, 0.1) is 29.8 Å². The number of hydrogen-bond donors (Lipinski definition) is 1. The van der Waals surface area contributed by atoms with Crippen molar-refractivity contribution in [2.45, 2.75) is 25.3 Å². The smallest absolute Gasteiger partial charge is 0.106 e. The van der Waals surface area contributed by atoms with E-state index in [1.54, 1.807) is 11.3 Å². The third-order valence-electron chi connectivity index (χ3n) is 3.85. The van der Waals surface area contributed by atoms with E-state index in [0.717, 1.165) is 22.6 Å². The van der Waals surface area contributed by atoms with E-state index in [4.69, 9.17) is 11.6 Å². The molecule has 0 amide bonds. The number of nitrogens with one attached hydrogen (secondary N) is 1. The molecule has 108 valence electrons. The summed E-state index contributed by atoms with van der Waals surface area (Å²) < 4.78 is 2.54. The average Bonchev–Trinajstić information content (AvgIpc) is 3.07. The highest BCUT2D eigenvalue weighted by Gasteiger charge is 2.24. The SMILES string of the molecule is Clc1ccc2scnc2c1NC1CCCc2sc(I)cc21. The van der Waals surface area contributed by atoms with Crippen LogP contribution >= 0.6 is 56.9 Å². The molecule has 1 aliphatic carbocycles. The molecule has 4 rings (SSSR count). The Morgan fingerprint density at radius 2 is 2.29 bits per heavy atom. The molecule has 3 aromatic rings. The maximum Gasteiger partial charge on any atom is 0.106 e. The number of hydrogen-bond acceptors (Lipinski definition) is 4. The Kier molecular flexibility index (Phi) is 3.85. The lowest BCUT2D eigenvalue weighted by Gasteiger charge is -2.25. The van der Waals surface area contributed by atoms with Gasteiger partial charge in [0.15, 0.2) is 0 Å². The molecule has 0 radical (unpaired) electrons. The zero-order valence-corrected chi connectivity index (χ0v) is 15.6. The molecular formula is C15H12ClIN2S2. The molecule has 21 heavy (non-hydrogen) atoms. The fourth-order valence-electron chi connectivity index (χ4n) is 2.89. The first-order valence-corrected chi connectivity index (χ1v) is 9.94. The molecule has 2 nitrogen and oxygen atoms in total. The molecule has 0 saturated heterocycles. The highest BCUT2D eigenvalue weighted by Crippen LogP contribution is 2.41. The van der Waals surface area contributed by atoms with Crippen LogP contribution in [-0.2, 0) is 6.42 Å². The van der Waals surface area contributed by atoms with E-state index in [-0.39, 0.29) is 0 Å². The van der Waals surface area contributed by atoms with Gasteiger partial charge >= 0.3 is 0 Å². The van der Waals surface area contributed by atoms with Gasteiger partial charge in [0, 0.05) is 4.88 Å². The second-order valence-corrected chi connectivity index (χ2v) is 9.46. The maximum absolute atomic E-state index is 6.41. The first-order valence-electron chi connectivity index (χ1n) is 6.79. The van der Waals surface area contributed by atoms with E-state index in [1.807, 2.05) is 29.0 Å². The van der Waals surface area contributed by atoms with Crippen LogP contribution in [0.2, 0.25) is 5.02 Å². The standard InChI is InChI=1S/C15H12ClIN2S2/c16-9-4-5-12-15(18-7-20-12)14(9)19-10-2-1-3-11-8(10)6-13(17)21-11/h4-7,10,19H,1-3H2. The number of aromatic nitrogens is 1. The summed E-state index contributed by atoms with van der Waals surface area (Å²) in [5.41, 5.74) is 5.30. The predicted octanol–water partition coefficient (Wildman–Crippen LogP) is 6.11. The molecular weight excluding hydrogens is 435 g/mol. The van der Waals surface area contributed by atoms with Gasteiger partial charge in [-0.1, -0.05) is 11.6 Å². The fourth-order valence-corrected chi connectivity index (χ4v) is 5.90. The summed E-state index contributed by atoms with van der Waals surface area (Å²) in [5.74, 6) is 0. The summed E-state index contributed by atoms with van der Waals surface area (Å²) in [6, 6.07) is 6.66. The highest BCUT2D eigenvalue weighted by molar-refractivity contribution is 14.1. The summed E-state index contributed by atoms with van der Waals surface area (Å²) >= 11 is 12.4. The molecule has 1 N–H and O–H groups in total. The number of nitrogens with zero attached hydrogens (tertiary/aromatic N) is 1. The van der Waals surface area contributed by atoms with Gasteiger partial charge < -0.3 is 5.32 Å². The Bertz CT molecular complexity index is 811. The Morgan fingerprint density at radius 1 is 1.38 bits per heavy atom. The summed E-state index contributed by atoms with van der Waals surface area (Å²) in [6.07, 6.45) is 3.58. The molecule has 1 aliphatic rings. The van der Waals surface area contributed by atoms with Crippen molar-refractivity contribution in [3.63, 3.8) is 0 Å². The number of thiophene rings is 1. The van der Waals surface area contributed by atoms with E-state index in [2.05, 4.69) is 39.0 Å². The lowest BCUT2D eigenvalue weighted by molar-refractivity contribution is 0.609. The highest BCUT2D eigenvalue weighted by atomic mass is 127. The van der Waals surface area contributed by atoms with E-state index < -0.39 is 0 Å². The Hall–Kier alpha value is -0.370. The molecule has 1 aromatic carbocycles. The third-order valence-corrected chi connectivity index (χ3v) is 6.93. The zero-order chi connectivity index (χ0) is 14.4. The normalized spacial score (nSPS) is 17.9. The van der Waals surface area contributed by atoms with Crippen molar-refractivity contribution in [3.8, 4) is 0 Å². The molecule has 0 aliphatic heterocycles. The molecule has 1 atom stereocenters. The largest absolute Gasteiger partial charge is 0.375 e. The van der Waals surface area contributed by atoms with Gasteiger partial charge in [0.25, 0.3) is 0 Å². The minimum atomic E-state index is 0.346. The van der Waals surface area contributed by atoms with E-state index in [1.165, 1.54) is 30.9 Å². The van der Waals surface area contributed by atoms with Gasteiger partial charge in [-0.15, -0.1) is 22.7 Å². The molecule has 6 heteroatoms. The quantitative estimate of drug-likeness (QED) is 0.481. The van der Waals surface area contributed by atoms with Crippen LogP contribution in [0.1, 0.15) is 29.3 Å². The van der Waals surface area contributed by atoms with Crippen molar-refractivity contribution in [2.75, 3.05) is 5.32 Å². The van der Waals surface area contributed by atoms with Crippen LogP contribution in [0.3, 0.4) is 0 Å². The van der Waals surface area contributed by atoms with Crippen LogP contribution in [0, 0.1) is 2.88 Å². The lowest BCUT2D eigenvalue weighted by atomic mass is 9.94. The van der Waals surface area contributed by atoms with Gasteiger partial charge in [-0.3, -0.25) is 0 Å². The topological polar surface area (TPSA) is 24.9 Å². The van der Waals surface area contributed by atoms with E-state index in [9.17, 15) is 0 Å². The maximum atomic E-state index is 6.41. The van der Waals surface area contributed by atoms with Crippen LogP contribution in [0.25, 0.3) is 10.2 Å². The van der Waals surface area contributed by atoms with Crippen molar-refractivity contribution in [2.24, 2.45) is 0 Å². The van der Waals surface area contributed by atoms with Crippen LogP contribution in [0.4, 0.5) is 5.69 Å². The summed E-state index contributed by atoms with van der Waals surface area (Å²) in [6.45, 7) is 0. The monoisotopic (exact) mass is 446 g/mol. The number of aryl methyl sites for hydroxylation is 1. The molecule has 1 unspecified atom stereocenters. The van der Waals surface area contributed by atoms with Gasteiger partial charge in [0.2, 0.25) is 0 Å². The van der Waals surface area contributed by atoms with Crippen LogP contribution in [0.5, 0.6) is 0 Å². The summed E-state index contributed by atoms with van der Waals surface area (Å²) in [5, 5.41) is 4.42. The Labute approximate surface area is 149 Å². The van der Waals surface area contributed by atoms with Crippen LogP contribution in [-0.4, -0.2) is 4.98 Å². The predicted molar refractivity (Wildman–Crippen MR) is 101 cm³/mol. The Balaban J connectivity index is 1.75. The molecule has 2 aromatic heterocycles. The van der Waals surface area contributed by atoms with Crippen molar-refractivity contribution >= 4 is 72.8 Å². The molecule has 0 spiro atoms. The molecule has 0 bridgehead atoms. The molecule has 0 saturated carbocycles. The molecule has 0 fully saturated rings. The van der Waals surface area contributed by atoms with Gasteiger partial charge in [-0.05, 0) is 65.6 Å². The third kappa shape index (κ3) is 2.58. The number of benzene rings is 1. The van der Waals surface area contributed by atoms with Crippen LogP contribution in [0.15, 0.2) is 23.7 Å². The van der Waals surface area contributed by atoms with Gasteiger partial charge in [-0.25, -0.2) is 4.98 Å². The van der Waals surface area contributed by atoms with Crippen molar-refractivity contribution in [3.05, 3.63) is 42.1 Å². The average molecular weight is 447 g/mol. The number of thiazole rings is 1. The number of halogens is 2. The summed E-state index contributed by atoms with van der Waals surface area (Å²) in [4.78, 5) is 6.00. The van der Waals surface area contributed by atoms with E-state index >= 15 is 0 Å². The van der Waals surface area contributed by atoms with Crippen LogP contribution < -0.4 is 5.32 Å². The zero-order valence-electron chi connectivity index (χ0n) is 11.0. The van der Waals surface area contributed by atoms with Crippen molar-refractivity contribution in [1.82, 2.24) is 4.98 Å². The second-order valence-electron chi connectivity index (χ2n) is 5.14. The Morgan fingerprint density at radius 3 is 3.19 bits per heavy atom. The summed E-state index contributed by atoms with van der Waals surface area (Å²) in [7, 11) is 0.